The van der Waals surface area contributed by atoms with Crippen molar-refractivity contribution in [2.75, 3.05) is 19.7 Å². The Hall–Kier alpha value is -2.02. The number of ether oxygens (including phenoxy) is 2. The van der Waals surface area contributed by atoms with Crippen LogP contribution < -0.4 is 15.2 Å². The lowest BCUT2D eigenvalue weighted by molar-refractivity contribution is 0.0714. The molecule has 1 aliphatic rings. The summed E-state index contributed by atoms with van der Waals surface area (Å²) in [5.74, 6) is 1.21. The fourth-order valence-corrected chi connectivity index (χ4v) is 2.96. The minimum Gasteiger partial charge on any atom is -0.490 e. The molecule has 2 aromatic rings. The zero-order valence-corrected chi connectivity index (χ0v) is 17.5. The van der Waals surface area contributed by atoms with Crippen molar-refractivity contribution in [2.45, 2.75) is 32.4 Å². The average Bonchev–Trinajstić information content (AvgIpc) is 2.68. The van der Waals surface area contributed by atoms with Crippen molar-refractivity contribution in [3.63, 3.8) is 0 Å². The predicted octanol–water partition coefficient (Wildman–Crippen LogP) is 3.47. The third kappa shape index (κ3) is 6.26. The molecule has 154 valence electrons. The zero-order chi connectivity index (χ0) is 18.4. The van der Waals surface area contributed by atoms with Gasteiger partial charge in [0.15, 0.2) is 11.5 Å². The number of hydrogen-bond donors (Lipinski definition) is 1. The maximum Gasteiger partial charge on any atom is 0.253 e. The van der Waals surface area contributed by atoms with E-state index < -0.39 is 0 Å². The van der Waals surface area contributed by atoms with Crippen molar-refractivity contribution in [1.29, 1.82) is 0 Å². The molecule has 6 nitrogen and oxygen atoms in total. The Bertz CT molecular complexity index is 739. The Kier molecular flexibility index (Phi) is 10.1. The van der Waals surface area contributed by atoms with E-state index in [0.717, 1.165) is 18.4 Å². The molecule has 0 bridgehead atoms. The first-order valence-electron chi connectivity index (χ1n) is 9.00. The highest BCUT2D eigenvalue weighted by Crippen LogP contribution is 2.30. The van der Waals surface area contributed by atoms with Crippen LogP contribution in [0.25, 0.3) is 0 Å². The van der Waals surface area contributed by atoms with E-state index in [1.54, 1.807) is 30.6 Å². The summed E-state index contributed by atoms with van der Waals surface area (Å²) in [6.07, 6.45) is 5.18. The topological polar surface area (TPSA) is 77.7 Å². The fraction of sp³-hybridized carbons (Fsp3) is 0.400. The summed E-state index contributed by atoms with van der Waals surface area (Å²) >= 11 is 0. The Balaban J connectivity index is 0.00000196. The number of halogens is 2. The van der Waals surface area contributed by atoms with Crippen molar-refractivity contribution in [2.24, 2.45) is 5.73 Å². The summed E-state index contributed by atoms with van der Waals surface area (Å²) in [7, 11) is 0. The number of likely N-dealkylation sites (tertiary alicyclic amines) is 1. The number of aromatic nitrogens is 1. The van der Waals surface area contributed by atoms with E-state index in [4.69, 9.17) is 15.2 Å². The van der Waals surface area contributed by atoms with Gasteiger partial charge in [0.2, 0.25) is 0 Å². The smallest absolute Gasteiger partial charge is 0.253 e. The van der Waals surface area contributed by atoms with Gasteiger partial charge in [0.25, 0.3) is 5.91 Å². The van der Waals surface area contributed by atoms with E-state index in [2.05, 4.69) is 4.98 Å². The van der Waals surface area contributed by atoms with E-state index >= 15 is 0 Å². The van der Waals surface area contributed by atoms with Gasteiger partial charge in [0.1, 0.15) is 6.61 Å². The van der Waals surface area contributed by atoms with Gasteiger partial charge < -0.3 is 20.1 Å². The van der Waals surface area contributed by atoms with Crippen LogP contribution in [0, 0.1) is 0 Å². The SMILES string of the molecule is CCOc1cc(C(=O)N2CCC(N)CC2)ccc1OCc1cccnc1.Cl.Cl. The Morgan fingerprint density at radius 2 is 1.93 bits per heavy atom. The van der Waals surface area contributed by atoms with Crippen molar-refractivity contribution in [3.05, 3.63) is 53.9 Å². The highest BCUT2D eigenvalue weighted by molar-refractivity contribution is 5.95. The summed E-state index contributed by atoms with van der Waals surface area (Å²) in [6.45, 7) is 4.20. The van der Waals surface area contributed by atoms with Crippen LogP contribution in [0.4, 0.5) is 0 Å². The van der Waals surface area contributed by atoms with Gasteiger partial charge in [-0.1, -0.05) is 6.07 Å². The number of piperidine rings is 1. The lowest BCUT2D eigenvalue weighted by atomic mass is 10.0. The van der Waals surface area contributed by atoms with E-state index in [1.807, 2.05) is 24.0 Å². The highest BCUT2D eigenvalue weighted by Gasteiger charge is 2.22. The van der Waals surface area contributed by atoms with Crippen LogP contribution in [0.1, 0.15) is 35.7 Å². The van der Waals surface area contributed by atoms with Gasteiger partial charge in [-0.15, -0.1) is 24.8 Å². The number of nitrogens with two attached hydrogens (primary N) is 1. The Morgan fingerprint density at radius 1 is 1.18 bits per heavy atom. The Morgan fingerprint density at radius 3 is 2.57 bits per heavy atom. The van der Waals surface area contributed by atoms with Gasteiger partial charge >= 0.3 is 0 Å². The largest absolute Gasteiger partial charge is 0.490 e. The third-order valence-electron chi connectivity index (χ3n) is 4.43. The summed E-state index contributed by atoms with van der Waals surface area (Å²) in [6, 6.07) is 9.36. The molecule has 0 spiro atoms. The maximum absolute atomic E-state index is 12.7. The van der Waals surface area contributed by atoms with Gasteiger partial charge in [-0.25, -0.2) is 0 Å². The van der Waals surface area contributed by atoms with E-state index in [-0.39, 0.29) is 36.8 Å². The van der Waals surface area contributed by atoms with Crippen LogP contribution in [0.5, 0.6) is 11.5 Å². The van der Waals surface area contributed by atoms with E-state index in [9.17, 15) is 4.79 Å². The molecular formula is C20H27Cl2N3O3. The predicted molar refractivity (Wildman–Crippen MR) is 114 cm³/mol. The number of amides is 1. The first-order valence-corrected chi connectivity index (χ1v) is 9.00. The maximum atomic E-state index is 12.7. The molecular weight excluding hydrogens is 401 g/mol. The summed E-state index contributed by atoms with van der Waals surface area (Å²) in [5, 5.41) is 0. The molecule has 2 N–H and O–H groups in total. The molecule has 1 saturated heterocycles. The molecule has 2 heterocycles. The summed E-state index contributed by atoms with van der Waals surface area (Å²) in [4.78, 5) is 18.7. The quantitative estimate of drug-likeness (QED) is 0.763. The van der Waals surface area contributed by atoms with Crippen LogP contribution in [-0.4, -0.2) is 41.5 Å². The second-order valence-corrected chi connectivity index (χ2v) is 6.37. The fourth-order valence-electron chi connectivity index (χ4n) is 2.96. The molecule has 0 aliphatic carbocycles. The molecule has 3 rings (SSSR count). The molecule has 8 heteroatoms. The van der Waals surface area contributed by atoms with E-state index in [0.29, 0.717) is 43.4 Å². The van der Waals surface area contributed by atoms with Crippen molar-refractivity contribution < 1.29 is 14.3 Å². The number of nitrogens with zero attached hydrogens (tertiary/aromatic N) is 2. The molecule has 0 radical (unpaired) electrons. The number of pyridine rings is 1. The lowest BCUT2D eigenvalue weighted by Crippen LogP contribution is -2.42. The van der Waals surface area contributed by atoms with Crippen LogP contribution in [0.15, 0.2) is 42.7 Å². The lowest BCUT2D eigenvalue weighted by Gasteiger charge is -2.30. The van der Waals surface area contributed by atoms with E-state index in [1.165, 1.54) is 0 Å². The molecule has 1 fully saturated rings. The average molecular weight is 428 g/mol. The first-order chi connectivity index (χ1) is 12.7. The van der Waals surface area contributed by atoms with Gasteiger partial charge in [-0.2, -0.15) is 0 Å². The molecule has 1 aliphatic heterocycles. The first kappa shape index (κ1) is 24.0. The molecule has 28 heavy (non-hydrogen) atoms. The number of hydrogen-bond acceptors (Lipinski definition) is 5. The van der Waals surface area contributed by atoms with Crippen LogP contribution >= 0.6 is 24.8 Å². The normalized spacial score (nSPS) is 13.9. The molecule has 0 unspecified atom stereocenters. The summed E-state index contributed by atoms with van der Waals surface area (Å²) < 4.78 is 11.6. The van der Waals surface area contributed by atoms with Crippen LogP contribution in [-0.2, 0) is 6.61 Å². The minimum absolute atomic E-state index is 0. The number of carbonyl (C=O) groups excluding carboxylic acids is 1. The molecule has 0 saturated carbocycles. The minimum atomic E-state index is 0. The van der Waals surface area contributed by atoms with Gasteiger partial charge in [-0.3, -0.25) is 9.78 Å². The molecule has 1 amide bonds. The van der Waals surface area contributed by atoms with Crippen molar-refractivity contribution >= 4 is 30.7 Å². The highest BCUT2D eigenvalue weighted by atomic mass is 35.5. The number of benzene rings is 1. The zero-order valence-electron chi connectivity index (χ0n) is 15.9. The Labute approximate surface area is 178 Å². The van der Waals surface area contributed by atoms with Gasteiger partial charge in [-0.05, 0) is 44.0 Å². The standard InChI is InChI=1S/C20H25N3O3.2ClH/c1-2-25-19-12-16(20(24)23-10-7-17(21)8-11-23)5-6-18(19)26-14-15-4-3-9-22-13-15;;/h3-6,9,12-13,17H,2,7-8,10-11,14,21H2,1H3;2*1H. The van der Waals surface area contributed by atoms with Crippen LogP contribution in [0.2, 0.25) is 0 Å². The summed E-state index contributed by atoms with van der Waals surface area (Å²) in [5.41, 5.74) is 7.50. The van der Waals surface area contributed by atoms with Gasteiger partial charge in [0, 0.05) is 42.7 Å². The van der Waals surface area contributed by atoms with Crippen LogP contribution in [0.3, 0.4) is 0 Å². The molecule has 0 atom stereocenters. The number of rotatable bonds is 6. The second kappa shape index (κ2) is 11.7. The molecule has 1 aromatic heterocycles. The van der Waals surface area contributed by atoms with Crippen molar-refractivity contribution in [3.8, 4) is 11.5 Å². The third-order valence-corrected chi connectivity index (χ3v) is 4.43. The monoisotopic (exact) mass is 427 g/mol. The number of carbonyl (C=O) groups is 1. The van der Waals surface area contributed by atoms with Crippen molar-refractivity contribution in [1.82, 2.24) is 9.88 Å². The second-order valence-electron chi connectivity index (χ2n) is 6.37. The van der Waals surface area contributed by atoms with Gasteiger partial charge in [0.05, 0.1) is 6.61 Å². The molecule has 1 aromatic carbocycles.